The molecule has 9 nitrogen and oxygen atoms in total. The van der Waals surface area contributed by atoms with E-state index in [1.165, 1.54) is 29.1 Å². The quantitative estimate of drug-likeness (QED) is 0.131. The molecule has 0 fully saturated rings. The first-order valence-corrected chi connectivity index (χ1v) is 16.5. The number of amides is 1. The number of carbonyl (C=O) groups excluding carboxylic acids is 1. The lowest BCUT2D eigenvalue weighted by atomic mass is 9.94. The summed E-state index contributed by atoms with van der Waals surface area (Å²) in [5.74, 6) is -5.59. The summed E-state index contributed by atoms with van der Waals surface area (Å²) in [6, 6.07) is 5.56. The van der Waals surface area contributed by atoms with Gasteiger partial charge in [-0.15, -0.1) is 0 Å². The number of nitrogens with one attached hydrogen (secondary N) is 2. The molecule has 19 heteroatoms. The zero-order valence-electron chi connectivity index (χ0n) is 25.1. The molecule has 1 amide bonds. The van der Waals surface area contributed by atoms with Crippen molar-refractivity contribution in [2.45, 2.75) is 37.4 Å². The van der Waals surface area contributed by atoms with Crippen molar-refractivity contribution >= 4 is 56.9 Å². The molecule has 3 aromatic heterocycles. The first kappa shape index (κ1) is 34.6. The van der Waals surface area contributed by atoms with Crippen molar-refractivity contribution in [2.24, 2.45) is 7.05 Å². The summed E-state index contributed by atoms with van der Waals surface area (Å²) in [5.41, 5.74) is -2.74. The Bertz CT molecular complexity index is 2150. The Kier molecular flexibility index (Phi) is 8.90. The van der Waals surface area contributed by atoms with Crippen LogP contribution in [0.1, 0.15) is 40.7 Å². The molecule has 258 valence electrons. The molecule has 0 saturated carbocycles. The molecule has 0 bridgehead atoms. The fourth-order valence-corrected chi connectivity index (χ4v) is 6.79. The van der Waals surface area contributed by atoms with E-state index in [4.69, 9.17) is 23.2 Å². The topological polar surface area (TPSA) is 107 Å². The molecule has 2 N–H and O–H groups in total. The van der Waals surface area contributed by atoms with Crippen LogP contribution in [0.4, 0.5) is 41.3 Å². The number of fused-ring (bicyclic) bond motifs is 2. The largest absolute Gasteiger partial charge is 0.435 e. The van der Waals surface area contributed by atoms with Crippen molar-refractivity contribution in [1.82, 2.24) is 29.9 Å². The van der Waals surface area contributed by atoms with Gasteiger partial charge in [0.2, 0.25) is 0 Å². The SMILES string of the molecule is Cn1nc(NS(C)=O)c2c(Cl)ccc(-c3ccc(Cl)nc3C(Cc3cc(F)cc(F)c3)NC(=O)n3nc(C(F)(F)F)c4c3C(F)(F)CC4)c21. The van der Waals surface area contributed by atoms with E-state index in [0.717, 1.165) is 12.1 Å². The van der Waals surface area contributed by atoms with Crippen LogP contribution in [0.25, 0.3) is 22.0 Å². The Balaban J connectivity index is 1.53. The second-order valence-corrected chi connectivity index (χ2v) is 13.1. The number of alkyl halides is 5. The highest BCUT2D eigenvalue weighted by atomic mass is 35.5. The van der Waals surface area contributed by atoms with Crippen molar-refractivity contribution < 1.29 is 39.7 Å². The molecule has 2 aromatic carbocycles. The number of nitrogens with zero attached hydrogens (tertiary/aromatic N) is 5. The van der Waals surface area contributed by atoms with E-state index < -0.39 is 83.0 Å². The monoisotopic (exact) mass is 747 g/mol. The molecule has 2 unspecified atom stereocenters. The van der Waals surface area contributed by atoms with Crippen molar-refractivity contribution in [2.75, 3.05) is 11.0 Å². The van der Waals surface area contributed by atoms with Gasteiger partial charge in [0.1, 0.15) is 33.5 Å². The van der Waals surface area contributed by atoms with Crippen LogP contribution >= 0.6 is 23.2 Å². The van der Waals surface area contributed by atoms with Gasteiger partial charge in [0, 0.05) is 42.5 Å². The lowest BCUT2D eigenvalue weighted by Crippen LogP contribution is -2.37. The maximum atomic E-state index is 14.9. The number of hydrogen-bond donors (Lipinski definition) is 2. The Labute approximate surface area is 285 Å². The normalized spacial score (nSPS) is 15.3. The average molecular weight is 749 g/mol. The van der Waals surface area contributed by atoms with E-state index in [9.17, 15) is 39.7 Å². The highest BCUT2D eigenvalue weighted by Crippen LogP contribution is 2.46. The molecule has 0 spiro atoms. The fraction of sp³-hybridized carbons (Fsp3) is 0.267. The van der Waals surface area contributed by atoms with Gasteiger partial charge in [0.05, 0.1) is 27.7 Å². The maximum Gasteiger partial charge on any atom is 0.435 e. The second-order valence-electron chi connectivity index (χ2n) is 11.2. The van der Waals surface area contributed by atoms with Crippen LogP contribution in [0.5, 0.6) is 0 Å². The molecule has 0 radical (unpaired) electrons. The summed E-state index contributed by atoms with van der Waals surface area (Å²) in [6.07, 6.45) is -5.84. The highest BCUT2D eigenvalue weighted by molar-refractivity contribution is 7.85. The number of carbonyl (C=O) groups is 1. The van der Waals surface area contributed by atoms with Crippen LogP contribution < -0.4 is 10.0 Å². The number of hydrogen-bond acceptors (Lipinski definition) is 5. The van der Waals surface area contributed by atoms with Crippen LogP contribution in [-0.2, 0) is 43.0 Å². The third kappa shape index (κ3) is 6.58. The first-order valence-electron chi connectivity index (χ1n) is 14.2. The standard InChI is InChI=1S/C30H22Cl2F7N7O2S/c1-45-24-17(3-5-19(31)22(24)27(43-45)44-49(2)48)16-4-6-21(32)41-23(16)20(11-13-9-14(33)12-15(34)10-13)40-28(47)46-26-18(7-8-29(26,35)36)25(42-46)30(37,38)39/h3-6,9-10,12,20H,7-8,11H2,1-2H3,(H,40,47)(H,43,44). The van der Waals surface area contributed by atoms with Crippen molar-refractivity contribution in [3.63, 3.8) is 0 Å². The Hall–Kier alpha value is -4.22. The van der Waals surface area contributed by atoms with E-state index in [1.54, 1.807) is 13.1 Å². The zero-order chi connectivity index (χ0) is 35.6. The highest BCUT2D eigenvalue weighted by Gasteiger charge is 2.51. The molecule has 3 heterocycles. The van der Waals surface area contributed by atoms with E-state index >= 15 is 0 Å². The van der Waals surface area contributed by atoms with E-state index in [2.05, 4.69) is 25.2 Å². The van der Waals surface area contributed by atoms with Gasteiger partial charge in [-0.1, -0.05) is 29.3 Å². The molecular formula is C30H22Cl2F7N7O2S. The minimum absolute atomic E-state index is 0.0266. The minimum atomic E-state index is -5.14. The third-order valence-electron chi connectivity index (χ3n) is 7.83. The van der Waals surface area contributed by atoms with Gasteiger partial charge in [0.15, 0.2) is 11.5 Å². The molecule has 1 aliphatic carbocycles. The smallest absolute Gasteiger partial charge is 0.327 e. The number of aromatic nitrogens is 5. The van der Waals surface area contributed by atoms with Gasteiger partial charge >= 0.3 is 12.2 Å². The molecule has 6 rings (SSSR count). The van der Waals surface area contributed by atoms with Crippen molar-refractivity contribution in [3.05, 3.63) is 92.5 Å². The van der Waals surface area contributed by atoms with Crippen molar-refractivity contribution in [3.8, 4) is 11.1 Å². The average Bonchev–Trinajstić information content (AvgIpc) is 3.64. The number of rotatable bonds is 7. The predicted molar refractivity (Wildman–Crippen MR) is 168 cm³/mol. The van der Waals surface area contributed by atoms with Crippen LogP contribution in [0.3, 0.4) is 0 Å². The second kappa shape index (κ2) is 12.6. The minimum Gasteiger partial charge on any atom is -0.327 e. The summed E-state index contributed by atoms with van der Waals surface area (Å²) in [4.78, 5) is 18.1. The van der Waals surface area contributed by atoms with E-state index in [0.29, 0.717) is 22.5 Å². The third-order valence-corrected chi connectivity index (χ3v) is 8.83. The van der Waals surface area contributed by atoms with E-state index in [-0.39, 0.29) is 37.5 Å². The lowest BCUT2D eigenvalue weighted by Gasteiger charge is -2.23. The van der Waals surface area contributed by atoms with Crippen LogP contribution in [0.2, 0.25) is 10.2 Å². The molecule has 1 aliphatic rings. The van der Waals surface area contributed by atoms with Gasteiger partial charge in [-0.2, -0.15) is 36.8 Å². The van der Waals surface area contributed by atoms with Crippen LogP contribution in [0.15, 0.2) is 42.5 Å². The fourth-order valence-electron chi connectivity index (χ4n) is 5.98. The summed E-state index contributed by atoms with van der Waals surface area (Å²) in [5, 5.41) is 10.5. The molecule has 2 atom stereocenters. The van der Waals surface area contributed by atoms with Crippen LogP contribution in [-0.4, -0.2) is 41.0 Å². The van der Waals surface area contributed by atoms with E-state index in [1.807, 2.05) is 0 Å². The molecular weight excluding hydrogens is 726 g/mol. The predicted octanol–water partition coefficient (Wildman–Crippen LogP) is 7.72. The summed E-state index contributed by atoms with van der Waals surface area (Å²) in [6.45, 7) is 0. The first-order chi connectivity index (χ1) is 22.9. The lowest BCUT2D eigenvalue weighted by molar-refractivity contribution is -0.142. The Morgan fingerprint density at radius 2 is 1.73 bits per heavy atom. The van der Waals surface area contributed by atoms with Gasteiger partial charge in [0.25, 0.3) is 5.92 Å². The molecule has 5 aromatic rings. The van der Waals surface area contributed by atoms with Gasteiger partial charge in [-0.05, 0) is 48.7 Å². The Morgan fingerprint density at radius 1 is 1.06 bits per heavy atom. The maximum absolute atomic E-state index is 14.9. The van der Waals surface area contributed by atoms with Gasteiger partial charge in [-0.3, -0.25) is 9.40 Å². The number of anilines is 1. The van der Waals surface area contributed by atoms with Crippen LogP contribution in [0, 0.1) is 11.6 Å². The number of pyridine rings is 1. The Morgan fingerprint density at radius 3 is 2.39 bits per heavy atom. The van der Waals surface area contributed by atoms with Crippen molar-refractivity contribution in [1.29, 1.82) is 0 Å². The zero-order valence-corrected chi connectivity index (χ0v) is 27.4. The molecule has 0 aliphatic heterocycles. The summed E-state index contributed by atoms with van der Waals surface area (Å²) in [7, 11) is 0.0200. The van der Waals surface area contributed by atoms with Gasteiger partial charge < -0.3 is 5.32 Å². The number of halogens is 9. The van der Waals surface area contributed by atoms with Gasteiger partial charge in [-0.25, -0.2) is 22.8 Å². The number of aryl methyl sites for hydroxylation is 1. The number of benzene rings is 2. The molecule has 49 heavy (non-hydrogen) atoms. The summed E-state index contributed by atoms with van der Waals surface area (Å²) < 4.78 is 116. The molecule has 0 saturated heterocycles. The summed E-state index contributed by atoms with van der Waals surface area (Å²) >= 11 is 12.8.